The number of halogens is 1. The summed E-state index contributed by atoms with van der Waals surface area (Å²) in [6, 6.07) is 6.88. The minimum absolute atomic E-state index is 0.0639. The van der Waals surface area contributed by atoms with E-state index in [2.05, 4.69) is 15.5 Å². The topological polar surface area (TPSA) is 59.8 Å². The van der Waals surface area contributed by atoms with E-state index in [-0.39, 0.29) is 17.8 Å². The molecule has 1 amide bonds. The van der Waals surface area contributed by atoms with Crippen LogP contribution in [-0.2, 0) is 24.7 Å². The van der Waals surface area contributed by atoms with Crippen LogP contribution in [-0.4, -0.2) is 26.7 Å². The Labute approximate surface area is 141 Å². The number of aromatic nitrogens is 3. The second-order valence-corrected chi connectivity index (χ2v) is 6.55. The average Bonchev–Trinajstić information content (AvgIpc) is 3.17. The number of carbonyl (C=O) groups excluding carboxylic acids is 1. The van der Waals surface area contributed by atoms with Crippen LogP contribution in [0.25, 0.3) is 0 Å². The van der Waals surface area contributed by atoms with Crippen molar-refractivity contribution >= 4 is 5.91 Å². The maximum absolute atomic E-state index is 13.0. The van der Waals surface area contributed by atoms with Crippen LogP contribution >= 0.6 is 0 Å². The van der Waals surface area contributed by atoms with Crippen LogP contribution in [0.3, 0.4) is 0 Å². The van der Waals surface area contributed by atoms with Gasteiger partial charge in [-0.1, -0.05) is 18.6 Å². The highest BCUT2D eigenvalue weighted by Gasteiger charge is 2.28. The number of aryl methyl sites for hydroxylation is 2. The molecule has 1 fully saturated rings. The Morgan fingerprint density at radius 1 is 1.33 bits per heavy atom. The second-order valence-electron chi connectivity index (χ2n) is 6.55. The molecule has 1 aliphatic rings. The van der Waals surface area contributed by atoms with Crippen molar-refractivity contribution in [3.05, 3.63) is 47.8 Å². The van der Waals surface area contributed by atoms with Crippen molar-refractivity contribution in [2.75, 3.05) is 0 Å². The zero-order valence-electron chi connectivity index (χ0n) is 13.9. The van der Waals surface area contributed by atoms with Crippen molar-refractivity contribution in [1.29, 1.82) is 0 Å². The Kier molecular flexibility index (Phi) is 5.23. The fourth-order valence-corrected chi connectivity index (χ4v) is 3.43. The van der Waals surface area contributed by atoms with Gasteiger partial charge in [0.15, 0.2) is 0 Å². The minimum Gasteiger partial charge on any atom is -0.353 e. The van der Waals surface area contributed by atoms with Gasteiger partial charge in [0.2, 0.25) is 5.91 Å². The first-order chi connectivity index (χ1) is 11.6. The zero-order chi connectivity index (χ0) is 16.9. The first-order valence-electron chi connectivity index (χ1n) is 8.48. The van der Waals surface area contributed by atoms with Gasteiger partial charge < -0.3 is 9.88 Å². The highest BCUT2D eigenvalue weighted by Crippen LogP contribution is 2.29. The van der Waals surface area contributed by atoms with E-state index in [1.54, 1.807) is 6.33 Å². The smallest absolute Gasteiger partial charge is 0.220 e. The fraction of sp³-hybridized carbons (Fsp3) is 0.500. The molecule has 2 atom stereocenters. The Bertz CT molecular complexity index is 683. The molecule has 0 unspecified atom stereocenters. The van der Waals surface area contributed by atoms with Gasteiger partial charge >= 0.3 is 0 Å². The summed E-state index contributed by atoms with van der Waals surface area (Å²) in [6.07, 6.45) is 6.79. The third-order valence-corrected chi connectivity index (χ3v) is 4.80. The standard InChI is InChI=1S/C18H23FN4O/c1-23-12-20-22-17(23)9-10-18(24)21-16-4-2-3-14(16)11-13-5-7-15(19)8-6-13/h5-8,12,14,16H,2-4,9-11H2,1H3,(H,21,24)/t14-,16-/m0/s1. The fourth-order valence-electron chi connectivity index (χ4n) is 3.43. The lowest BCUT2D eigenvalue weighted by Gasteiger charge is -2.21. The quantitative estimate of drug-likeness (QED) is 0.885. The molecule has 1 saturated carbocycles. The molecule has 128 valence electrons. The summed E-state index contributed by atoms with van der Waals surface area (Å²) in [5.74, 6) is 1.10. The van der Waals surface area contributed by atoms with Gasteiger partial charge in [-0.25, -0.2) is 4.39 Å². The summed E-state index contributed by atoms with van der Waals surface area (Å²) in [7, 11) is 1.88. The van der Waals surface area contributed by atoms with Crippen LogP contribution in [0.2, 0.25) is 0 Å². The lowest BCUT2D eigenvalue weighted by Crippen LogP contribution is -2.38. The van der Waals surface area contributed by atoms with Crippen LogP contribution in [0.15, 0.2) is 30.6 Å². The largest absolute Gasteiger partial charge is 0.353 e. The summed E-state index contributed by atoms with van der Waals surface area (Å²) in [6.45, 7) is 0. The SMILES string of the molecule is Cn1cnnc1CCC(=O)N[C@H]1CCC[C@H]1Cc1ccc(F)cc1. The predicted molar refractivity (Wildman–Crippen MR) is 88.7 cm³/mol. The number of carbonyl (C=O) groups is 1. The first kappa shape index (κ1) is 16.6. The Morgan fingerprint density at radius 3 is 2.83 bits per heavy atom. The lowest BCUT2D eigenvalue weighted by atomic mass is 9.94. The average molecular weight is 330 g/mol. The molecule has 0 bridgehead atoms. The highest BCUT2D eigenvalue weighted by atomic mass is 19.1. The van der Waals surface area contributed by atoms with Crippen LogP contribution in [0.5, 0.6) is 0 Å². The molecule has 0 radical (unpaired) electrons. The number of hydrogen-bond acceptors (Lipinski definition) is 3. The molecule has 0 spiro atoms. The van der Waals surface area contributed by atoms with Gasteiger partial charge in [0.05, 0.1) is 0 Å². The van der Waals surface area contributed by atoms with Gasteiger partial charge in [-0.3, -0.25) is 4.79 Å². The number of hydrogen-bond donors (Lipinski definition) is 1. The molecule has 1 heterocycles. The number of nitrogens with one attached hydrogen (secondary N) is 1. The minimum atomic E-state index is -0.209. The Balaban J connectivity index is 1.50. The van der Waals surface area contributed by atoms with Gasteiger partial charge in [0.25, 0.3) is 0 Å². The van der Waals surface area contributed by atoms with Crippen molar-refractivity contribution in [3.63, 3.8) is 0 Å². The van der Waals surface area contributed by atoms with E-state index in [4.69, 9.17) is 0 Å². The van der Waals surface area contributed by atoms with Gasteiger partial charge in [-0.05, 0) is 42.9 Å². The molecule has 1 aromatic heterocycles. The van der Waals surface area contributed by atoms with E-state index in [0.717, 1.165) is 37.1 Å². The van der Waals surface area contributed by atoms with Gasteiger partial charge in [-0.2, -0.15) is 0 Å². The van der Waals surface area contributed by atoms with Gasteiger partial charge in [0, 0.05) is 25.9 Å². The zero-order valence-corrected chi connectivity index (χ0v) is 13.9. The Morgan fingerprint density at radius 2 is 2.12 bits per heavy atom. The van der Waals surface area contributed by atoms with Gasteiger partial charge in [-0.15, -0.1) is 10.2 Å². The van der Waals surface area contributed by atoms with Gasteiger partial charge in [0.1, 0.15) is 18.0 Å². The van der Waals surface area contributed by atoms with Crippen LogP contribution in [0, 0.1) is 11.7 Å². The van der Waals surface area contributed by atoms with Crippen molar-refractivity contribution in [1.82, 2.24) is 20.1 Å². The summed E-state index contributed by atoms with van der Waals surface area (Å²) in [5.41, 5.74) is 1.13. The molecule has 1 aliphatic carbocycles. The van der Waals surface area contributed by atoms with E-state index in [1.165, 1.54) is 12.1 Å². The summed E-state index contributed by atoms with van der Waals surface area (Å²) >= 11 is 0. The van der Waals surface area contributed by atoms with Crippen molar-refractivity contribution in [2.45, 2.75) is 44.6 Å². The van der Waals surface area contributed by atoms with Crippen molar-refractivity contribution in [3.8, 4) is 0 Å². The van der Waals surface area contributed by atoms with E-state index < -0.39 is 0 Å². The summed E-state index contributed by atoms with van der Waals surface area (Å²) in [4.78, 5) is 12.2. The number of nitrogens with zero attached hydrogens (tertiary/aromatic N) is 3. The van der Waals surface area contributed by atoms with Crippen LogP contribution < -0.4 is 5.32 Å². The predicted octanol–water partition coefficient (Wildman–Crippen LogP) is 2.41. The lowest BCUT2D eigenvalue weighted by molar-refractivity contribution is -0.122. The molecular weight excluding hydrogens is 307 g/mol. The molecule has 24 heavy (non-hydrogen) atoms. The molecule has 1 aromatic carbocycles. The molecule has 1 N–H and O–H groups in total. The third kappa shape index (κ3) is 4.19. The molecule has 6 heteroatoms. The molecule has 2 aromatic rings. The van der Waals surface area contributed by atoms with Crippen molar-refractivity contribution < 1.29 is 9.18 Å². The monoisotopic (exact) mass is 330 g/mol. The molecule has 0 aliphatic heterocycles. The Hall–Kier alpha value is -2.24. The molecular formula is C18H23FN4O. The normalized spacial score (nSPS) is 20.2. The highest BCUT2D eigenvalue weighted by molar-refractivity contribution is 5.76. The van der Waals surface area contributed by atoms with Crippen molar-refractivity contribution in [2.24, 2.45) is 13.0 Å². The second kappa shape index (κ2) is 7.55. The summed E-state index contributed by atoms with van der Waals surface area (Å²) in [5, 5.41) is 11.0. The van der Waals surface area contributed by atoms with Crippen LogP contribution in [0.4, 0.5) is 4.39 Å². The summed E-state index contributed by atoms with van der Waals surface area (Å²) < 4.78 is 14.8. The van der Waals surface area contributed by atoms with Crippen LogP contribution in [0.1, 0.15) is 37.1 Å². The number of rotatable bonds is 6. The molecule has 5 nitrogen and oxygen atoms in total. The van der Waals surface area contributed by atoms with E-state index in [0.29, 0.717) is 18.8 Å². The van der Waals surface area contributed by atoms with E-state index in [1.807, 2.05) is 23.7 Å². The molecule has 3 rings (SSSR count). The number of amides is 1. The first-order valence-corrected chi connectivity index (χ1v) is 8.48. The maximum atomic E-state index is 13.0. The third-order valence-electron chi connectivity index (χ3n) is 4.80. The van der Waals surface area contributed by atoms with E-state index in [9.17, 15) is 9.18 Å². The maximum Gasteiger partial charge on any atom is 0.220 e. The van der Waals surface area contributed by atoms with E-state index >= 15 is 0 Å². The molecule has 0 saturated heterocycles. The number of benzene rings is 1.